The Morgan fingerprint density at radius 2 is 1.77 bits per heavy atom. The van der Waals surface area contributed by atoms with E-state index in [0.29, 0.717) is 17.8 Å². The van der Waals surface area contributed by atoms with Crippen LogP contribution in [0, 0.1) is 24.6 Å². The van der Waals surface area contributed by atoms with Crippen LogP contribution in [0.3, 0.4) is 0 Å². The van der Waals surface area contributed by atoms with Gasteiger partial charge in [-0.25, -0.2) is 4.39 Å². The highest BCUT2D eigenvalue weighted by Gasteiger charge is 2.21. The molecule has 0 saturated carbocycles. The highest BCUT2D eigenvalue weighted by atomic mass is 19.1. The maximum absolute atomic E-state index is 13.9. The quantitative estimate of drug-likeness (QED) is 0.643. The molecule has 1 fully saturated rings. The fourth-order valence-corrected chi connectivity index (χ4v) is 4.31. The van der Waals surface area contributed by atoms with Gasteiger partial charge in [-0.1, -0.05) is 32.0 Å². The van der Waals surface area contributed by atoms with Crippen molar-refractivity contribution in [1.29, 1.82) is 0 Å². The van der Waals surface area contributed by atoms with Crippen LogP contribution in [0.25, 0.3) is 0 Å². The summed E-state index contributed by atoms with van der Waals surface area (Å²) < 4.78 is 13.9. The normalized spacial score (nSPS) is 19.1. The first-order valence-corrected chi connectivity index (χ1v) is 11.0. The summed E-state index contributed by atoms with van der Waals surface area (Å²) >= 11 is 0. The smallest absolute Gasteiger partial charge is 0.258 e. The number of aryl methyl sites for hydroxylation is 1. The molecule has 0 spiro atoms. The van der Waals surface area contributed by atoms with Gasteiger partial charge in [0.1, 0.15) is 5.82 Å². The van der Waals surface area contributed by atoms with E-state index in [4.69, 9.17) is 0 Å². The SMILES string of the molecule is Cc1ccc(C(=O)NCCCN2CC(C)CC(C)C2)cc1NC(=O)c1ccccc1F. The number of benzene rings is 2. The van der Waals surface area contributed by atoms with E-state index in [-0.39, 0.29) is 11.5 Å². The van der Waals surface area contributed by atoms with Crippen LogP contribution in [0.1, 0.15) is 53.0 Å². The number of hydrogen-bond donors (Lipinski definition) is 2. The second-order valence-corrected chi connectivity index (χ2v) is 8.78. The first kappa shape index (κ1) is 22.9. The van der Waals surface area contributed by atoms with Crippen LogP contribution in [-0.2, 0) is 0 Å². The number of carbonyl (C=O) groups is 2. The van der Waals surface area contributed by atoms with Gasteiger partial charge in [-0.15, -0.1) is 0 Å². The minimum absolute atomic E-state index is 0.0295. The molecule has 1 saturated heterocycles. The number of hydrogen-bond acceptors (Lipinski definition) is 3. The van der Waals surface area contributed by atoms with E-state index in [0.717, 1.165) is 43.5 Å². The molecule has 6 heteroatoms. The Balaban J connectivity index is 1.53. The molecule has 0 bridgehead atoms. The van der Waals surface area contributed by atoms with Crippen molar-refractivity contribution in [3.05, 3.63) is 65.0 Å². The van der Waals surface area contributed by atoms with Gasteiger partial charge >= 0.3 is 0 Å². The summed E-state index contributed by atoms with van der Waals surface area (Å²) in [7, 11) is 0. The minimum Gasteiger partial charge on any atom is -0.352 e. The number of piperidine rings is 1. The molecule has 3 rings (SSSR count). The van der Waals surface area contributed by atoms with Crippen LogP contribution in [0.5, 0.6) is 0 Å². The molecule has 0 radical (unpaired) electrons. The standard InChI is InChI=1S/C25H32FN3O2/c1-17-13-18(2)16-29(15-17)12-6-11-27-24(30)20-10-9-19(3)23(14-20)28-25(31)21-7-4-5-8-22(21)26/h4-5,7-10,14,17-18H,6,11-13,15-16H2,1-3H3,(H,27,30)(H,28,31). The summed E-state index contributed by atoms with van der Waals surface area (Å²) in [5.41, 5.74) is 1.74. The highest BCUT2D eigenvalue weighted by Crippen LogP contribution is 2.21. The number of nitrogens with zero attached hydrogens (tertiary/aromatic N) is 1. The maximum atomic E-state index is 13.9. The van der Waals surface area contributed by atoms with Crippen molar-refractivity contribution < 1.29 is 14.0 Å². The average molecular weight is 426 g/mol. The molecule has 1 aliphatic rings. The molecule has 2 unspecified atom stereocenters. The van der Waals surface area contributed by atoms with Gasteiger partial charge in [0, 0.05) is 30.9 Å². The van der Waals surface area contributed by atoms with E-state index in [1.807, 2.05) is 6.92 Å². The molecule has 2 aromatic rings. The Kier molecular flexibility index (Phi) is 7.80. The van der Waals surface area contributed by atoms with Gasteiger partial charge in [-0.05, 0) is 68.0 Å². The van der Waals surface area contributed by atoms with Crippen molar-refractivity contribution in [3.63, 3.8) is 0 Å². The van der Waals surface area contributed by atoms with Crippen LogP contribution in [0.2, 0.25) is 0 Å². The van der Waals surface area contributed by atoms with E-state index in [1.54, 1.807) is 24.3 Å². The van der Waals surface area contributed by atoms with E-state index in [2.05, 4.69) is 29.4 Å². The molecular weight excluding hydrogens is 393 g/mol. The van der Waals surface area contributed by atoms with Crippen molar-refractivity contribution in [2.75, 3.05) is 31.5 Å². The average Bonchev–Trinajstić information content (AvgIpc) is 2.72. The zero-order valence-electron chi connectivity index (χ0n) is 18.6. The van der Waals surface area contributed by atoms with Gasteiger partial charge in [-0.3, -0.25) is 9.59 Å². The second-order valence-electron chi connectivity index (χ2n) is 8.78. The molecule has 1 heterocycles. The lowest BCUT2D eigenvalue weighted by molar-refractivity contribution is 0.0946. The van der Waals surface area contributed by atoms with Crippen molar-refractivity contribution in [3.8, 4) is 0 Å². The predicted molar refractivity (Wildman–Crippen MR) is 122 cm³/mol. The third-order valence-electron chi connectivity index (χ3n) is 5.75. The number of nitrogens with one attached hydrogen (secondary N) is 2. The molecule has 5 nitrogen and oxygen atoms in total. The Morgan fingerprint density at radius 3 is 2.48 bits per heavy atom. The third kappa shape index (κ3) is 6.37. The Morgan fingerprint density at radius 1 is 1.06 bits per heavy atom. The lowest BCUT2D eigenvalue weighted by Gasteiger charge is -2.34. The van der Waals surface area contributed by atoms with Crippen molar-refractivity contribution >= 4 is 17.5 Å². The predicted octanol–water partition coefficient (Wildman–Crippen LogP) is 4.48. The molecule has 2 aromatic carbocycles. The summed E-state index contributed by atoms with van der Waals surface area (Å²) in [6.07, 6.45) is 2.18. The first-order valence-electron chi connectivity index (χ1n) is 11.0. The Labute approximate surface area is 184 Å². The lowest BCUT2D eigenvalue weighted by atomic mass is 9.92. The zero-order chi connectivity index (χ0) is 22.4. The molecule has 31 heavy (non-hydrogen) atoms. The number of likely N-dealkylation sites (tertiary alicyclic amines) is 1. The van der Waals surface area contributed by atoms with Crippen molar-refractivity contribution in [2.24, 2.45) is 11.8 Å². The van der Waals surface area contributed by atoms with Crippen LogP contribution in [-0.4, -0.2) is 42.9 Å². The number of rotatable bonds is 7. The fourth-order valence-electron chi connectivity index (χ4n) is 4.31. The van der Waals surface area contributed by atoms with Gasteiger partial charge < -0.3 is 15.5 Å². The number of anilines is 1. The molecule has 0 aromatic heterocycles. The Bertz CT molecular complexity index is 921. The summed E-state index contributed by atoms with van der Waals surface area (Å²) in [6, 6.07) is 11.0. The monoisotopic (exact) mass is 425 g/mol. The topological polar surface area (TPSA) is 61.4 Å². The second kappa shape index (κ2) is 10.5. The van der Waals surface area contributed by atoms with Gasteiger partial charge in [0.15, 0.2) is 0 Å². The highest BCUT2D eigenvalue weighted by molar-refractivity contribution is 6.05. The van der Waals surface area contributed by atoms with Gasteiger partial charge in [0.2, 0.25) is 0 Å². The van der Waals surface area contributed by atoms with E-state index in [1.165, 1.54) is 24.6 Å². The van der Waals surface area contributed by atoms with Gasteiger partial charge in [0.25, 0.3) is 11.8 Å². The van der Waals surface area contributed by atoms with Crippen molar-refractivity contribution in [1.82, 2.24) is 10.2 Å². The zero-order valence-corrected chi connectivity index (χ0v) is 18.6. The maximum Gasteiger partial charge on any atom is 0.258 e. The van der Waals surface area contributed by atoms with Crippen LogP contribution >= 0.6 is 0 Å². The number of amides is 2. The summed E-state index contributed by atoms with van der Waals surface area (Å²) in [5, 5.41) is 5.68. The Hall–Kier alpha value is -2.73. The fraction of sp³-hybridized carbons (Fsp3) is 0.440. The molecule has 2 amide bonds. The summed E-state index contributed by atoms with van der Waals surface area (Å²) in [4.78, 5) is 27.5. The summed E-state index contributed by atoms with van der Waals surface area (Å²) in [5.74, 6) is 0.155. The lowest BCUT2D eigenvalue weighted by Crippen LogP contribution is -2.40. The van der Waals surface area contributed by atoms with Gasteiger partial charge in [-0.2, -0.15) is 0 Å². The van der Waals surface area contributed by atoms with E-state index >= 15 is 0 Å². The molecule has 166 valence electrons. The van der Waals surface area contributed by atoms with Crippen LogP contribution in [0.4, 0.5) is 10.1 Å². The third-order valence-corrected chi connectivity index (χ3v) is 5.75. The number of carbonyl (C=O) groups excluding carboxylic acids is 2. The van der Waals surface area contributed by atoms with E-state index < -0.39 is 11.7 Å². The number of halogens is 1. The van der Waals surface area contributed by atoms with Crippen LogP contribution in [0.15, 0.2) is 42.5 Å². The largest absolute Gasteiger partial charge is 0.352 e. The minimum atomic E-state index is -0.580. The molecule has 2 N–H and O–H groups in total. The first-order chi connectivity index (χ1) is 14.8. The molecular formula is C25H32FN3O2. The van der Waals surface area contributed by atoms with Crippen LogP contribution < -0.4 is 10.6 Å². The van der Waals surface area contributed by atoms with Gasteiger partial charge in [0.05, 0.1) is 5.56 Å². The van der Waals surface area contributed by atoms with Crippen molar-refractivity contribution in [2.45, 2.75) is 33.6 Å². The molecule has 0 aliphatic carbocycles. The van der Waals surface area contributed by atoms with E-state index in [9.17, 15) is 14.0 Å². The summed E-state index contributed by atoms with van der Waals surface area (Å²) in [6.45, 7) is 10.3. The molecule has 1 aliphatic heterocycles. The molecule has 2 atom stereocenters.